The number of hydrogen-bond donors (Lipinski definition) is 0. The predicted octanol–water partition coefficient (Wildman–Crippen LogP) is 5.20. The normalized spacial score (nSPS) is 22.8. The average Bonchev–Trinajstić information content (AvgIpc) is 3.02. The minimum atomic E-state index is -0.104. The van der Waals surface area contributed by atoms with E-state index >= 15 is 0 Å². The van der Waals surface area contributed by atoms with Gasteiger partial charge >= 0.3 is 5.97 Å². The molecule has 2 atom stereocenters. The predicted molar refractivity (Wildman–Crippen MR) is 100 cm³/mol. The highest BCUT2D eigenvalue weighted by Crippen LogP contribution is 2.36. The maximum Gasteiger partial charge on any atom is 0.306 e. The fourth-order valence-electron chi connectivity index (χ4n) is 4.49. The van der Waals surface area contributed by atoms with Crippen LogP contribution >= 0.6 is 0 Å². The summed E-state index contributed by atoms with van der Waals surface area (Å²) in [7, 11) is 0. The lowest BCUT2D eigenvalue weighted by Crippen LogP contribution is -2.32. The number of benzene rings is 1. The summed E-state index contributed by atoms with van der Waals surface area (Å²) >= 11 is 0. The Morgan fingerprint density at radius 3 is 2.88 bits per heavy atom. The van der Waals surface area contributed by atoms with Crippen LogP contribution in [0.3, 0.4) is 0 Å². The van der Waals surface area contributed by atoms with E-state index in [0.29, 0.717) is 13.0 Å². The molecule has 26 heavy (non-hydrogen) atoms. The van der Waals surface area contributed by atoms with Gasteiger partial charge in [0.1, 0.15) is 23.2 Å². The number of esters is 1. The highest BCUT2D eigenvalue weighted by atomic mass is 16.5. The summed E-state index contributed by atoms with van der Waals surface area (Å²) in [6.07, 6.45) is 9.51. The molecule has 1 heterocycles. The summed E-state index contributed by atoms with van der Waals surface area (Å²) in [5.74, 6) is 2.19. The molecular formula is C22H28O4. The van der Waals surface area contributed by atoms with E-state index < -0.39 is 0 Å². The Morgan fingerprint density at radius 1 is 1.15 bits per heavy atom. The largest absolute Gasteiger partial charge is 0.490 e. The number of furan rings is 1. The molecule has 2 aliphatic carbocycles. The fourth-order valence-corrected chi connectivity index (χ4v) is 4.49. The van der Waals surface area contributed by atoms with Crippen molar-refractivity contribution in [1.29, 1.82) is 0 Å². The van der Waals surface area contributed by atoms with Crippen LogP contribution in [-0.2, 0) is 22.4 Å². The molecule has 4 heteroatoms. The molecular weight excluding hydrogens is 328 g/mol. The van der Waals surface area contributed by atoms with Crippen LogP contribution in [0.5, 0.6) is 5.75 Å². The molecule has 0 amide bonds. The molecule has 1 saturated carbocycles. The van der Waals surface area contributed by atoms with E-state index in [0.717, 1.165) is 55.6 Å². The van der Waals surface area contributed by atoms with E-state index in [2.05, 4.69) is 6.07 Å². The Morgan fingerprint density at radius 2 is 2.00 bits per heavy atom. The standard InChI is InChI=1S/C22H28O4/c1-2-24-22(23)13-15-7-3-5-9-19(15)25-16-11-12-21-18(14-16)17-8-4-6-10-20(17)26-21/h11-12,14-15,19H,2-10,13H2,1H3. The molecule has 2 aliphatic rings. The Bertz CT molecular complexity index is 776. The van der Waals surface area contributed by atoms with Crippen LogP contribution in [0.15, 0.2) is 22.6 Å². The SMILES string of the molecule is CCOC(=O)CC1CCCCC1Oc1ccc2oc3c(c2c1)CCCC3. The lowest BCUT2D eigenvalue weighted by atomic mass is 9.84. The van der Waals surface area contributed by atoms with Gasteiger partial charge in [-0.3, -0.25) is 4.79 Å². The van der Waals surface area contributed by atoms with Crippen molar-refractivity contribution >= 4 is 16.9 Å². The van der Waals surface area contributed by atoms with E-state index in [1.165, 1.54) is 23.8 Å². The summed E-state index contributed by atoms with van der Waals surface area (Å²) in [4.78, 5) is 11.9. The fraction of sp³-hybridized carbons (Fsp3) is 0.591. The van der Waals surface area contributed by atoms with Gasteiger partial charge in [-0.15, -0.1) is 0 Å². The van der Waals surface area contributed by atoms with Gasteiger partial charge in [0.15, 0.2) is 0 Å². The zero-order valence-corrected chi connectivity index (χ0v) is 15.6. The van der Waals surface area contributed by atoms with Gasteiger partial charge in [-0.25, -0.2) is 0 Å². The molecule has 4 nitrogen and oxygen atoms in total. The van der Waals surface area contributed by atoms with Crippen LogP contribution in [0.4, 0.5) is 0 Å². The molecule has 0 spiro atoms. The highest BCUT2D eigenvalue weighted by molar-refractivity contribution is 5.84. The van der Waals surface area contributed by atoms with Crippen molar-refractivity contribution in [2.75, 3.05) is 6.61 Å². The molecule has 0 N–H and O–H groups in total. The number of carbonyl (C=O) groups is 1. The monoisotopic (exact) mass is 356 g/mol. The molecule has 0 aliphatic heterocycles. The molecule has 0 bridgehead atoms. The minimum absolute atomic E-state index is 0.0910. The van der Waals surface area contributed by atoms with Gasteiger partial charge in [-0.2, -0.15) is 0 Å². The number of hydrogen-bond acceptors (Lipinski definition) is 4. The Hall–Kier alpha value is -1.97. The van der Waals surface area contributed by atoms with Crippen LogP contribution in [0.25, 0.3) is 11.0 Å². The Labute approximate surface area is 154 Å². The van der Waals surface area contributed by atoms with E-state index in [-0.39, 0.29) is 18.0 Å². The molecule has 1 fully saturated rings. The summed E-state index contributed by atoms with van der Waals surface area (Å²) in [5.41, 5.74) is 2.33. The summed E-state index contributed by atoms with van der Waals surface area (Å²) in [6.45, 7) is 2.30. The van der Waals surface area contributed by atoms with E-state index in [4.69, 9.17) is 13.9 Å². The van der Waals surface area contributed by atoms with E-state index in [1.807, 2.05) is 19.1 Å². The van der Waals surface area contributed by atoms with Gasteiger partial charge in [-0.1, -0.05) is 6.42 Å². The van der Waals surface area contributed by atoms with Crippen LogP contribution < -0.4 is 4.74 Å². The van der Waals surface area contributed by atoms with Gasteiger partial charge in [0.2, 0.25) is 0 Å². The third-order valence-electron chi connectivity index (χ3n) is 5.79. The van der Waals surface area contributed by atoms with E-state index in [9.17, 15) is 4.79 Å². The smallest absolute Gasteiger partial charge is 0.306 e. The first-order chi connectivity index (χ1) is 12.7. The van der Waals surface area contributed by atoms with Gasteiger partial charge in [0.05, 0.1) is 13.0 Å². The van der Waals surface area contributed by atoms with Crippen LogP contribution in [-0.4, -0.2) is 18.7 Å². The summed E-state index contributed by atoms with van der Waals surface area (Å²) in [5, 5.41) is 1.20. The van der Waals surface area contributed by atoms with Crippen LogP contribution in [0.1, 0.15) is 63.2 Å². The van der Waals surface area contributed by atoms with Crippen LogP contribution in [0.2, 0.25) is 0 Å². The minimum Gasteiger partial charge on any atom is -0.490 e. The van der Waals surface area contributed by atoms with Crippen molar-refractivity contribution < 1.29 is 18.7 Å². The average molecular weight is 356 g/mol. The first kappa shape index (κ1) is 17.4. The van der Waals surface area contributed by atoms with Crippen molar-refractivity contribution in [1.82, 2.24) is 0 Å². The highest BCUT2D eigenvalue weighted by Gasteiger charge is 2.29. The molecule has 1 aromatic carbocycles. The molecule has 1 aromatic heterocycles. The zero-order valence-electron chi connectivity index (χ0n) is 15.6. The van der Waals surface area contributed by atoms with Crippen molar-refractivity contribution in [2.45, 2.75) is 70.8 Å². The molecule has 0 saturated heterocycles. The van der Waals surface area contributed by atoms with Gasteiger partial charge in [0, 0.05) is 23.3 Å². The van der Waals surface area contributed by atoms with Gasteiger partial charge in [-0.05, 0) is 63.6 Å². The number of ether oxygens (including phenoxy) is 2. The molecule has 0 radical (unpaired) electrons. The van der Waals surface area contributed by atoms with Crippen molar-refractivity contribution in [2.24, 2.45) is 5.92 Å². The number of rotatable bonds is 5. The zero-order chi connectivity index (χ0) is 17.9. The lowest BCUT2D eigenvalue weighted by Gasteiger charge is -2.31. The van der Waals surface area contributed by atoms with Gasteiger partial charge < -0.3 is 13.9 Å². The topological polar surface area (TPSA) is 48.7 Å². The summed E-state index contributed by atoms with van der Waals surface area (Å²) in [6, 6.07) is 6.18. The van der Waals surface area contributed by atoms with Crippen molar-refractivity contribution in [3.63, 3.8) is 0 Å². The number of aryl methyl sites for hydroxylation is 2. The first-order valence-electron chi connectivity index (χ1n) is 10.1. The lowest BCUT2D eigenvalue weighted by molar-refractivity contribution is -0.145. The quantitative estimate of drug-likeness (QED) is 0.691. The maximum absolute atomic E-state index is 11.9. The van der Waals surface area contributed by atoms with Crippen molar-refractivity contribution in [3.05, 3.63) is 29.5 Å². The van der Waals surface area contributed by atoms with Crippen LogP contribution in [0, 0.1) is 5.92 Å². The number of carbonyl (C=O) groups excluding carboxylic acids is 1. The van der Waals surface area contributed by atoms with E-state index in [1.54, 1.807) is 0 Å². The molecule has 4 rings (SSSR count). The maximum atomic E-state index is 11.9. The second-order valence-corrected chi connectivity index (χ2v) is 7.58. The second kappa shape index (κ2) is 7.73. The number of fused-ring (bicyclic) bond motifs is 3. The summed E-state index contributed by atoms with van der Waals surface area (Å²) < 4.78 is 17.5. The van der Waals surface area contributed by atoms with Crippen molar-refractivity contribution in [3.8, 4) is 5.75 Å². The van der Waals surface area contributed by atoms with Gasteiger partial charge in [0.25, 0.3) is 0 Å². The second-order valence-electron chi connectivity index (χ2n) is 7.58. The third kappa shape index (κ3) is 3.60. The third-order valence-corrected chi connectivity index (χ3v) is 5.79. The molecule has 140 valence electrons. The molecule has 2 unspecified atom stereocenters. The molecule has 2 aromatic rings. The Balaban J connectivity index is 1.52. The Kier molecular flexibility index (Phi) is 5.18. The first-order valence-corrected chi connectivity index (χ1v) is 10.1.